The van der Waals surface area contributed by atoms with Crippen LogP contribution in [-0.4, -0.2) is 55.1 Å². The second-order valence-electron chi connectivity index (χ2n) is 6.16. The molecule has 0 spiro atoms. The Hall–Kier alpha value is -0.360. The Morgan fingerprint density at radius 2 is 2.25 bits per heavy atom. The summed E-state index contributed by atoms with van der Waals surface area (Å²) in [5.74, 6) is 0. The van der Waals surface area contributed by atoms with Gasteiger partial charge >= 0.3 is 0 Å². The Labute approximate surface area is 154 Å². The molecule has 4 nitrogen and oxygen atoms in total. The number of rotatable bonds is 10. The Kier molecular flexibility index (Phi) is 8.81. The fraction of sp³-hybridized carbons (Fsp3) is 0.667. The van der Waals surface area contributed by atoms with Crippen molar-refractivity contribution in [3.05, 3.63) is 33.8 Å². The van der Waals surface area contributed by atoms with Gasteiger partial charge in [-0.25, -0.2) is 0 Å². The van der Waals surface area contributed by atoms with Gasteiger partial charge in [0.1, 0.15) is 0 Å². The minimum atomic E-state index is 0.117. The van der Waals surface area contributed by atoms with E-state index in [-0.39, 0.29) is 18.8 Å². The molecule has 1 heterocycles. The number of ether oxygens (including phenoxy) is 2. The van der Waals surface area contributed by atoms with Crippen LogP contribution in [0, 0.1) is 0 Å². The summed E-state index contributed by atoms with van der Waals surface area (Å²) < 4.78 is 11.1. The van der Waals surface area contributed by atoms with Gasteiger partial charge in [0.25, 0.3) is 0 Å². The van der Waals surface area contributed by atoms with Crippen LogP contribution in [0.15, 0.2) is 18.2 Å². The first-order chi connectivity index (χ1) is 11.6. The fourth-order valence-corrected chi connectivity index (χ4v) is 3.39. The molecule has 0 amide bonds. The van der Waals surface area contributed by atoms with Crippen molar-refractivity contribution in [3.8, 4) is 0 Å². The van der Waals surface area contributed by atoms with Gasteiger partial charge in [-0.2, -0.15) is 0 Å². The molecule has 6 heteroatoms. The van der Waals surface area contributed by atoms with Crippen LogP contribution < -0.4 is 0 Å². The molecule has 1 N–H and O–H groups in total. The van der Waals surface area contributed by atoms with Crippen LogP contribution in [0.4, 0.5) is 0 Å². The standard InChI is InChI=1S/C18H27Cl2NO3/c1-2-16(12-22)21(7-3-8-24-17-6-9-23-13-17)11-14-4-5-15(19)10-18(14)20/h4-5,10,16-17,22H,2-3,6-9,11-13H2,1H3/t16-,17+/m1/s1. The predicted molar refractivity (Wildman–Crippen MR) is 97.8 cm³/mol. The third-order valence-corrected chi connectivity index (χ3v) is 5.01. The van der Waals surface area contributed by atoms with Crippen molar-refractivity contribution in [3.63, 3.8) is 0 Å². The van der Waals surface area contributed by atoms with E-state index in [0.717, 1.165) is 38.0 Å². The molecule has 2 atom stereocenters. The van der Waals surface area contributed by atoms with E-state index >= 15 is 0 Å². The van der Waals surface area contributed by atoms with Crippen LogP contribution in [0.25, 0.3) is 0 Å². The molecule has 1 aliphatic rings. The summed E-state index contributed by atoms with van der Waals surface area (Å²) in [6.45, 7) is 5.99. The molecule has 2 rings (SSSR count). The molecule has 1 aromatic rings. The third-order valence-electron chi connectivity index (χ3n) is 4.42. The highest BCUT2D eigenvalue weighted by atomic mass is 35.5. The molecular weight excluding hydrogens is 349 g/mol. The van der Waals surface area contributed by atoms with Gasteiger partial charge in [0.05, 0.1) is 19.3 Å². The van der Waals surface area contributed by atoms with Crippen molar-refractivity contribution < 1.29 is 14.6 Å². The quantitative estimate of drug-likeness (QED) is 0.632. The number of halogens is 2. The van der Waals surface area contributed by atoms with E-state index in [1.54, 1.807) is 6.07 Å². The van der Waals surface area contributed by atoms with Crippen molar-refractivity contribution in [1.82, 2.24) is 4.90 Å². The second kappa shape index (κ2) is 10.6. The number of aliphatic hydroxyl groups excluding tert-OH is 1. The molecule has 136 valence electrons. The highest BCUT2D eigenvalue weighted by Crippen LogP contribution is 2.23. The van der Waals surface area contributed by atoms with Gasteiger partial charge in [-0.1, -0.05) is 36.2 Å². The van der Waals surface area contributed by atoms with Crippen molar-refractivity contribution in [2.75, 3.05) is 33.0 Å². The number of benzene rings is 1. The van der Waals surface area contributed by atoms with Crippen LogP contribution in [0.5, 0.6) is 0 Å². The van der Waals surface area contributed by atoms with Gasteiger partial charge < -0.3 is 14.6 Å². The predicted octanol–water partition coefficient (Wildman–Crippen LogP) is 3.76. The number of aliphatic hydroxyl groups is 1. The number of hydrogen-bond acceptors (Lipinski definition) is 4. The molecule has 0 bridgehead atoms. The van der Waals surface area contributed by atoms with Gasteiger partial charge in [-0.3, -0.25) is 4.90 Å². The topological polar surface area (TPSA) is 41.9 Å². The summed E-state index contributed by atoms with van der Waals surface area (Å²) in [5, 5.41) is 11.0. The maximum absolute atomic E-state index is 9.67. The second-order valence-corrected chi connectivity index (χ2v) is 7.00. The van der Waals surface area contributed by atoms with E-state index in [9.17, 15) is 5.11 Å². The van der Waals surface area contributed by atoms with Crippen LogP contribution in [0.2, 0.25) is 10.0 Å². The van der Waals surface area contributed by atoms with E-state index in [4.69, 9.17) is 32.7 Å². The van der Waals surface area contributed by atoms with E-state index in [0.29, 0.717) is 29.8 Å². The summed E-state index contributed by atoms with van der Waals surface area (Å²) in [4.78, 5) is 2.27. The summed E-state index contributed by atoms with van der Waals surface area (Å²) >= 11 is 12.3. The van der Waals surface area contributed by atoms with Gasteiger partial charge in [0.15, 0.2) is 0 Å². The Bertz CT molecular complexity index is 491. The van der Waals surface area contributed by atoms with Crippen molar-refractivity contribution in [2.24, 2.45) is 0 Å². The molecule has 0 radical (unpaired) electrons. The molecule has 1 saturated heterocycles. The van der Waals surface area contributed by atoms with Crippen molar-refractivity contribution >= 4 is 23.2 Å². The SMILES string of the molecule is CC[C@H](CO)N(CCCO[C@H]1CCOC1)Cc1ccc(Cl)cc1Cl. The van der Waals surface area contributed by atoms with Gasteiger partial charge in [-0.05, 0) is 37.0 Å². The molecule has 1 fully saturated rings. The molecular formula is C18H27Cl2NO3. The van der Waals surface area contributed by atoms with E-state index in [2.05, 4.69) is 11.8 Å². The fourth-order valence-electron chi connectivity index (χ4n) is 2.92. The Balaban J connectivity index is 1.88. The summed E-state index contributed by atoms with van der Waals surface area (Å²) in [6, 6.07) is 5.68. The minimum Gasteiger partial charge on any atom is -0.395 e. The first-order valence-electron chi connectivity index (χ1n) is 8.62. The lowest BCUT2D eigenvalue weighted by molar-refractivity contribution is 0.0316. The van der Waals surface area contributed by atoms with Gasteiger partial charge in [-0.15, -0.1) is 0 Å². The van der Waals surface area contributed by atoms with Crippen molar-refractivity contribution in [2.45, 2.75) is 44.9 Å². The zero-order chi connectivity index (χ0) is 17.4. The number of nitrogens with zero attached hydrogens (tertiary/aromatic N) is 1. The van der Waals surface area contributed by atoms with Crippen LogP contribution >= 0.6 is 23.2 Å². The highest BCUT2D eigenvalue weighted by Gasteiger charge is 2.19. The first-order valence-corrected chi connectivity index (χ1v) is 9.37. The highest BCUT2D eigenvalue weighted by molar-refractivity contribution is 6.35. The molecule has 1 aromatic carbocycles. The van der Waals surface area contributed by atoms with Gasteiger partial charge in [0, 0.05) is 42.4 Å². The Morgan fingerprint density at radius 3 is 2.88 bits per heavy atom. The zero-order valence-corrected chi connectivity index (χ0v) is 15.7. The van der Waals surface area contributed by atoms with Crippen LogP contribution in [0.1, 0.15) is 31.7 Å². The van der Waals surface area contributed by atoms with Crippen LogP contribution in [0.3, 0.4) is 0 Å². The van der Waals surface area contributed by atoms with E-state index in [1.807, 2.05) is 12.1 Å². The van der Waals surface area contributed by atoms with Gasteiger partial charge in [0.2, 0.25) is 0 Å². The average molecular weight is 376 g/mol. The molecule has 0 aromatic heterocycles. The zero-order valence-electron chi connectivity index (χ0n) is 14.2. The summed E-state index contributed by atoms with van der Waals surface area (Å²) in [6.07, 6.45) is 3.03. The van der Waals surface area contributed by atoms with Crippen LogP contribution in [-0.2, 0) is 16.0 Å². The minimum absolute atomic E-state index is 0.117. The number of hydrogen-bond donors (Lipinski definition) is 1. The third kappa shape index (κ3) is 6.17. The molecule has 0 unspecified atom stereocenters. The maximum Gasteiger partial charge on any atom is 0.0830 e. The normalized spacial score (nSPS) is 19.1. The molecule has 0 saturated carbocycles. The largest absolute Gasteiger partial charge is 0.395 e. The average Bonchev–Trinajstić information content (AvgIpc) is 3.08. The Morgan fingerprint density at radius 1 is 1.42 bits per heavy atom. The molecule has 24 heavy (non-hydrogen) atoms. The summed E-state index contributed by atoms with van der Waals surface area (Å²) in [5.41, 5.74) is 1.03. The maximum atomic E-state index is 9.67. The van der Waals surface area contributed by atoms with E-state index < -0.39 is 0 Å². The molecule has 0 aliphatic carbocycles. The lowest BCUT2D eigenvalue weighted by atomic mass is 10.1. The monoisotopic (exact) mass is 375 g/mol. The van der Waals surface area contributed by atoms with E-state index in [1.165, 1.54) is 0 Å². The lowest BCUT2D eigenvalue weighted by Crippen LogP contribution is -2.38. The smallest absolute Gasteiger partial charge is 0.0830 e. The summed E-state index contributed by atoms with van der Waals surface area (Å²) in [7, 11) is 0. The molecule has 1 aliphatic heterocycles. The first kappa shape index (κ1) is 20.0. The lowest BCUT2D eigenvalue weighted by Gasteiger charge is -2.30. The van der Waals surface area contributed by atoms with Crippen molar-refractivity contribution in [1.29, 1.82) is 0 Å².